The van der Waals surface area contributed by atoms with Crippen LogP contribution in [0.5, 0.6) is 0 Å². The molecule has 1 saturated carbocycles. The van der Waals surface area contributed by atoms with Gasteiger partial charge < -0.3 is 10.2 Å². The first-order valence-corrected chi connectivity index (χ1v) is 8.20. The first-order valence-electron chi connectivity index (χ1n) is 8.20. The molecule has 0 unspecified atom stereocenters. The standard InChI is InChI=1S/C16H28N4O/c1-14(2)11-19-7-9-20(10-8-19)12-15(21)18-16(13-17)5-3-4-6-16/h14H,3-12H2,1-2H3,(H,18,21). The van der Waals surface area contributed by atoms with Gasteiger partial charge in [-0.15, -0.1) is 0 Å². The Morgan fingerprint density at radius 3 is 2.29 bits per heavy atom. The molecule has 0 aromatic rings. The van der Waals surface area contributed by atoms with Crippen molar-refractivity contribution in [2.45, 2.75) is 45.1 Å². The maximum absolute atomic E-state index is 12.2. The van der Waals surface area contributed by atoms with Crippen LogP contribution in [0.4, 0.5) is 0 Å². The van der Waals surface area contributed by atoms with Gasteiger partial charge in [-0.05, 0) is 31.6 Å². The average molecular weight is 292 g/mol. The van der Waals surface area contributed by atoms with E-state index in [4.69, 9.17) is 0 Å². The first-order chi connectivity index (χ1) is 10.0. The van der Waals surface area contributed by atoms with Crippen LogP contribution in [0.3, 0.4) is 0 Å². The second kappa shape index (κ2) is 7.24. The van der Waals surface area contributed by atoms with Gasteiger partial charge in [0, 0.05) is 32.7 Å². The Balaban J connectivity index is 1.73. The van der Waals surface area contributed by atoms with Gasteiger partial charge in [0.05, 0.1) is 12.6 Å². The highest BCUT2D eigenvalue weighted by atomic mass is 16.2. The SMILES string of the molecule is CC(C)CN1CCN(CC(=O)NC2(C#N)CCCC2)CC1. The third kappa shape index (κ3) is 4.69. The molecule has 0 spiro atoms. The highest BCUT2D eigenvalue weighted by molar-refractivity contribution is 5.79. The number of nitrogens with zero attached hydrogens (tertiary/aromatic N) is 3. The largest absolute Gasteiger partial charge is 0.337 e. The molecule has 1 amide bonds. The number of nitrogens with one attached hydrogen (secondary N) is 1. The van der Waals surface area contributed by atoms with E-state index in [9.17, 15) is 10.1 Å². The van der Waals surface area contributed by atoms with Crippen molar-refractivity contribution in [3.05, 3.63) is 0 Å². The van der Waals surface area contributed by atoms with Crippen LogP contribution in [0, 0.1) is 17.2 Å². The molecular weight excluding hydrogens is 264 g/mol. The molecule has 1 N–H and O–H groups in total. The number of carbonyl (C=O) groups is 1. The lowest BCUT2D eigenvalue weighted by atomic mass is 10.00. The van der Waals surface area contributed by atoms with Crippen molar-refractivity contribution in [3.63, 3.8) is 0 Å². The summed E-state index contributed by atoms with van der Waals surface area (Å²) in [5.41, 5.74) is -0.587. The Kier molecular flexibility index (Phi) is 5.60. The number of hydrogen-bond acceptors (Lipinski definition) is 4. The van der Waals surface area contributed by atoms with Crippen LogP contribution in [0.15, 0.2) is 0 Å². The molecule has 0 aromatic carbocycles. The van der Waals surface area contributed by atoms with Crippen LogP contribution >= 0.6 is 0 Å². The number of hydrogen-bond donors (Lipinski definition) is 1. The molecule has 0 radical (unpaired) electrons. The molecule has 5 heteroatoms. The number of carbonyl (C=O) groups excluding carboxylic acids is 1. The summed E-state index contributed by atoms with van der Waals surface area (Å²) in [5, 5.41) is 12.3. The predicted octanol–water partition coefficient (Wildman–Crippen LogP) is 1.21. The highest BCUT2D eigenvalue weighted by Gasteiger charge is 2.35. The summed E-state index contributed by atoms with van der Waals surface area (Å²) in [6.07, 6.45) is 3.69. The topological polar surface area (TPSA) is 59.4 Å². The van der Waals surface area contributed by atoms with Gasteiger partial charge in [-0.1, -0.05) is 13.8 Å². The van der Waals surface area contributed by atoms with Crippen LogP contribution in [0.2, 0.25) is 0 Å². The zero-order valence-electron chi connectivity index (χ0n) is 13.4. The molecule has 1 aliphatic carbocycles. The third-order valence-electron chi connectivity index (χ3n) is 4.51. The summed E-state index contributed by atoms with van der Waals surface area (Å²) >= 11 is 0. The molecule has 5 nitrogen and oxygen atoms in total. The van der Waals surface area contributed by atoms with E-state index in [0.29, 0.717) is 12.5 Å². The molecule has 0 atom stereocenters. The van der Waals surface area contributed by atoms with Gasteiger partial charge in [-0.2, -0.15) is 5.26 Å². The zero-order chi connectivity index (χ0) is 15.3. The second-order valence-electron chi connectivity index (χ2n) is 6.92. The minimum Gasteiger partial charge on any atom is -0.337 e. The summed E-state index contributed by atoms with van der Waals surface area (Å²) in [6.45, 7) is 10.0. The quantitative estimate of drug-likeness (QED) is 0.827. The Morgan fingerprint density at radius 2 is 1.76 bits per heavy atom. The highest BCUT2D eigenvalue weighted by Crippen LogP contribution is 2.28. The van der Waals surface area contributed by atoms with E-state index in [1.165, 1.54) is 0 Å². The number of amides is 1. The second-order valence-corrected chi connectivity index (χ2v) is 6.92. The molecule has 2 aliphatic rings. The van der Waals surface area contributed by atoms with Crippen molar-refractivity contribution >= 4 is 5.91 Å². The van der Waals surface area contributed by atoms with Crippen LogP contribution < -0.4 is 5.32 Å². The van der Waals surface area contributed by atoms with E-state index in [1.807, 2.05) is 0 Å². The summed E-state index contributed by atoms with van der Waals surface area (Å²) in [4.78, 5) is 16.8. The maximum Gasteiger partial charge on any atom is 0.235 e. The van der Waals surface area contributed by atoms with Gasteiger partial charge in [0.25, 0.3) is 0 Å². The Labute approximate surface area is 128 Å². The molecule has 1 heterocycles. The number of piperazine rings is 1. The Morgan fingerprint density at radius 1 is 1.19 bits per heavy atom. The maximum atomic E-state index is 12.2. The molecule has 118 valence electrons. The molecule has 0 bridgehead atoms. The van der Waals surface area contributed by atoms with Crippen molar-refractivity contribution in [1.82, 2.24) is 15.1 Å². The van der Waals surface area contributed by atoms with Gasteiger partial charge in [0.2, 0.25) is 5.91 Å². The smallest absolute Gasteiger partial charge is 0.235 e. The molecule has 2 rings (SSSR count). The van der Waals surface area contributed by atoms with Crippen molar-refractivity contribution in [2.75, 3.05) is 39.3 Å². The van der Waals surface area contributed by atoms with Gasteiger partial charge >= 0.3 is 0 Å². The molecule has 0 aromatic heterocycles. The van der Waals surface area contributed by atoms with Crippen molar-refractivity contribution in [1.29, 1.82) is 5.26 Å². The molecule has 1 aliphatic heterocycles. The van der Waals surface area contributed by atoms with E-state index in [2.05, 4.69) is 35.0 Å². The minimum atomic E-state index is -0.587. The summed E-state index contributed by atoms with van der Waals surface area (Å²) in [5.74, 6) is 0.702. The van der Waals surface area contributed by atoms with Gasteiger partial charge in [0.15, 0.2) is 0 Å². The number of nitriles is 1. The van der Waals surface area contributed by atoms with Crippen LogP contribution in [-0.2, 0) is 4.79 Å². The Bertz CT molecular complexity index is 388. The van der Waals surface area contributed by atoms with E-state index in [1.54, 1.807) is 0 Å². The monoisotopic (exact) mass is 292 g/mol. The summed E-state index contributed by atoms with van der Waals surface area (Å²) in [6, 6.07) is 2.32. The predicted molar refractivity (Wildman–Crippen MR) is 82.7 cm³/mol. The third-order valence-corrected chi connectivity index (χ3v) is 4.51. The first kappa shape index (κ1) is 16.3. The lowest BCUT2D eigenvalue weighted by Crippen LogP contribution is -2.53. The van der Waals surface area contributed by atoms with E-state index >= 15 is 0 Å². The fourth-order valence-corrected chi connectivity index (χ4v) is 3.40. The molecular formula is C16H28N4O. The minimum absolute atomic E-state index is 0.00996. The van der Waals surface area contributed by atoms with Crippen molar-refractivity contribution in [3.8, 4) is 6.07 Å². The summed E-state index contributed by atoms with van der Waals surface area (Å²) in [7, 11) is 0. The zero-order valence-corrected chi connectivity index (χ0v) is 13.4. The fraction of sp³-hybridized carbons (Fsp3) is 0.875. The molecule has 2 fully saturated rings. The fourth-order valence-electron chi connectivity index (χ4n) is 3.40. The lowest BCUT2D eigenvalue weighted by Gasteiger charge is -2.35. The normalized spacial score (nSPS) is 23.1. The van der Waals surface area contributed by atoms with Crippen LogP contribution in [0.1, 0.15) is 39.5 Å². The van der Waals surface area contributed by atoms with E-state index in [0.717, 1.165) is 58.4 Å². The number of rotatable bonds is 5. The van der Waals surface area contributed by atoms with Crippen molar-refractivity contribution in [2.24, 2.45) is 5.92 Å². The van der Waals surface area contributed by atoms with Gasteiger partial charge in [-0.3, -0.25) is 9.69 Å². The van der Waals surface area contributed by atoms with Crippen LogP contribution in [0.25, 0.3) is 0 Å². The van der Waals surface area contributed by atoms with E-state index in [-0.39, 0.29) is 5.91 Å². The molecule has 21 heavy (non-hydrogen) atoms. The van der Waals surface area contributed by atoms with Crippen LogP contribution in [-0.4, -0.2) is 60.5 Å². The summed E-state index contributed by atoms with van der Waals surface area (Å²) < 4.78 is 0. The van der Waals surface area contributed by atoms with Gasteiger partial charge in [0.1, 0.15) is 5.54 Å². The van der Waals surface area contributed by atoms with Gasteiger partial charge in [-0.25, -0.2) is 0 Å². The lowest BCUT2D eigenvalue weighted by molar-refractivity contribution is -0.124. The average Bonchev–Trinajstić information content (AvgIpc) is 2.89. The van der Waals surface area contributed by atoms with Crippen molar-refractivity contribution < 1.29 is 4.79 Å². The van der Waals surface area contributed by atoms with E-state index < -0.39 is 5.54 Å². The molecule has 1 saturated heterocycles. The Hall–Kier alpha value is -1.12.